The lowest BCUT2D eigenvalue weighted by Crippen LogP contribution is -2.26. The van der Waals surface area contributed by atoms with E-state index in [0.717, 1.165) is 4.47 Å². The van der Waals surface area contributed by atoms with Crippen molar-refractivity contribution >= 4 is 27.9 Å². The molecule has 1 nitrogen and oxygen atoms in total. The third kappa shape index (κ3) is 5.36. The van der Waals surface area contributed by atoms with Gasteiger partial charge in [0.2, 0.25) is 0 Å². The molecule has 0 amide bonds. The van der Waals surface area contributed by atoms with Gasteiger partial charge < -0.3 is 0 Å². The molecule has 0 aliphatic rings. The number of halogens is 3. The lowest BCUT2D eigenvalue weighted by atomic mass is 10.1. The van der Waals surface area contributed by atoms with E-state index >= 15 is 0 Å². The van der Waals surface area contributed by atoms with Crippen molar-refractivity contribution in [3.8, 4) is 0 Å². The van der Waals surface area contributed by atoms with Gasteiger partial charge in [-0.15, -0.1) is 0 Å². The van der Waals surface area contributed by atoms with Crippen LogP contribution in [-0.4, -0.2) is 11.2 Å². The summed E-state index contributed by atoms with van der Waals surface area (Å²) in [6.45, 7) is 5.94. The lowest BCUT2D eigenvalue weighted by molar-refractivity contribution is 0.110. The van der Waals surface area contributed by atoms with Gasteiger partial charge in [0.1, 0.15) is 6.04 Å². The molecule has 17 heavy (non-hydrogen) atoms. The van der Waals surface area contributed by atoms with Crippen LogP contribution in [-0.2, 0) is 0 Å². The van der Waals surface area contributed by atoms with E-state index < -0.39 is 12.5 Å². The largest absolute Gasteiger partial charge is 0.258 e. The summed E-state index contributed by atoms with van der Waals surface area (Å²) >= 11 is 4.62. The minimum atomic E-state index is -2.42. The summed E-state index contributed by atoms with van der Waals surface area (Å²) in [5.74, 6) is 0. The van der Waals surface area contributed by atoms with Crippen molar-refractivity contribution in [1.29, 1.82) is 0 Å². The minimum Gasteiger partial charge on any atom is -0.250 e. The number of alkyl halides is 2. The molecular formula is C12H16BrF2NS. The van der Waals surface area contributed by atoms with E-state index in [1.54, 1.807) is 24.3 Å². The first-order valence-electron chi connectivity index (χ1n) is 5.27. The van der Waals surface area contributed by atoms with Crippen LogP contribution in [0.3, 0.4) is 0 Å². The number of rotatable bonds is 4. The van der Waals surface area contributed by atoms with Gasteiger partial charge in [0, 0.05) is 9.22 Å². The molecular weight excluding hydrogens is 308 g/mol. The number of hydrogen-bond donors (Lipinski definition) is 1. The molecule has 1 rings (SSSR count). The van der Waals surface area contributed by atoms with Crippen molar-refractivity contribution in [3.63, 3.8) is 0 Å². The third-order valence-corrected chi connectivity index (χ3v) is 3.49. The molecule has 0 aliphatic carbocycles. The Morgan fingerprint density at radius 2 is 1.71 bits per heavy atom. The van der Waals surface area contributed by atoms with Gasteiger partial charge >= 0.3 is 0 Å². The fourth-order valence-corrected chi connectivity index (χ4v) is 2.16. The first kappa shape index (κ1) is 14.9. The maximum Gasteiger partial charge on any atom is 0.258 e. The molecule has 0 fully saturated rings. The molecule has 1 N–H and O–H groups in total. The van der Waals surface area contributed by atoms with E-state index in [-0.39, 0.29) is 4.75 Å². The van der Waals surface area contributed by atoms with E-state index in [1.165, 1.54) is 11.9 Å². The molecule has 0 radical (unpaired) electrons. The molecule has 0 heterocycles. The summed E-state index contributed by atoms with van der Waals surface area (Å²) in [5, 5.41) is 0. The van der Waals surface area contributed by atoms with Crippen molar-refractivity contribution in [2.24, 2.45) is 0 Å². The standard InChI is InChI=1S/C12H16BrF2NS/c1-12(2,3)17-16-10(11(14)15)8-4-6-9(13)7-5-8/h4-7,10-11,16H,1-3H3/t10-/m0/s1. The zero-order valence-electron chi connectivity index (χ0n) is 10.0. The van der Waals surface area contributed by atoms with Crippen LogP contribution in [0.25, 0.3) is 0 Å². The smallest absolute Gasteiger partial charge is 0.250 e. The summed E-state index contributed by atoms with van der Waals surface area (Å²) in [6, 6.07) is 6.02. The second-order valence-electron chi connectivity index (χ2n) is 4.70. The fourth-order valence-electron chi connectivity index (χ4n) is 1.18. The van der Waals surface area contributed by atoms with Gasteiger partial charge in [-0.2, -0.15) is 0 Å². The summed E-state index contributed by atoms with van der Waals surface area (Å²) in [4.78, 5) is 0. The number of benzene rings is 1. The predicted molar refractivity (Wildman–Crippen MR) is 73.4 cm³/mol. The molecule has 0 spiro atoms. The molecule has 5 heteroatoms. The van der Waals surface area contributed by atoms with Crippen molar-refractivity contribution in [2.45, 2.75) is 38.0 Å². The zero-order chi connectivity index (χ0) is 13.1. The Balaban J connectivity index is 2.76. The van der Waals surface area contributed by atoms with E-state index in [1.807, 2.05) is 20.8 Å². The van der Waals surface area contributed by atoms with Crippen molar-refractivity contribution in [3.05, 3.63) is 34.3 Å². The van der Waals surface area contributed by atoms with Crippen LogP contribution in [0.5, 0.6) is 0 Å². The van der Waals surface area contributed by atoms with Crippen LogP contribution in [0.1, 0.15) is 32.4 Å². The summed E-state index contributed by atoms with van der Waals surface area (Å²) in [6.07, 6.45) is -2.42. The highest BCUT2D eigenvalue weighted by Gasteiger charge is 2.24. The van der Waals surface area contributed by atoms with Crippen molar-refractivity contribution < 1.29 is 8.78 Å². The van der Waals surface area contributed by atoms with Gasteiger partial charge in [-0.3, -0.25) is 4.72 Å². The average molecular weight is 324 g/mol. The fraction of sp³-hybridized carbons (Fsp3) is 0.500. The minimum absolute atomic E-state index is 0.0947. The van der Waals surface area contributed by atoms with E-state index in [0.29, 0.717) is 5.56 Å². The Hall–Kier alpha value is -0.130. The first-order valence-corrected chi connectivity index (χ1v) is 6.88. The van der Waals surface area contributed by atoms with Crippen molar-refractivity contribution in [2.75, 3.05) is 0 Å². The quantitative estimate of drug-likeness (QED) is 0.799. The molecule has 0 aliphatic heterocycles. The third-order valence-electron chi connectivity index (χ3n) is 1.97. The van der Waals surface area contributed by atoms with E-state index in [9.17, 15) is 8.78 Å². The summed E-state index contributed by atoms with van der Waals surface area (Å²) in [5.41, 5.74) is 0.597. The van der Waals surface area contributed by atoms with Gasteiger partial charge in [0.05, 0.1) is 0 Å². The Kier molecular flexibility index (Phi) is 5.41. The maximum atomic E-state index is 13.0. The van der Waals surface area contributed by atoms with Crippen LogP contribution in [0.4, 0.5) is 8.78 Å². The average Bonchev–Trinajstić information content (AvgIpc) is 2.18. The number of hydrogen-bond acceptors (Lipinski definition) is 2. The topological polar surface area (TPSA) is 12.0 Å². The molecule has 0 unspecified atom stereocenters. The molecule has 0 saturated carbocycles. The highest BCUT2D eigenvalue weighted by Crippen LogP contribution is 2.28. The second-order valence-corrected chi connectivity index (χ2v) is 7.28. The van der Waals surface area contributed by atoms with Gasteiger partial charge in [0.15, 0.2) is 0 Å². The summed E-state index contributed by atoms with van der Waals surface area (Å²) in [7, 11) is 0. The summed E-state index contributed by atoms with van der Waals surface area (Å²) < 4.78 is 29.6. The highest BCUT2D eigenvalue weighted by molar-refractivity contribution is 9.10. The Labute approximate surface area is 114 Å². The van der Waals surface area contributed by atoms with E-state index in [4.69, 9.17) is 0 Å². The van der Waals surface area contributed by atoms with Crippen LogP contribution >= 0.6 is 27.9 Å². The first-order chi connectivity index (χ1) is 7.79. The monoisotopic (exact) mass is 323 g/mol. The second kappa shape index (κ2) is 6.16. The molecule has 1 aromatic rings. The van der Waals surface area contributed by atoms with Crippen LogP contribution in [0.2, 0.25) is 0 Å². The lowest BCUT2D eigenvalue weighted by Gasteiger charge is -2.24. The molecule has 1 atom stereocenters. The molecule has 0 aromatic heterocycles. The van der Waals surface area contributed by atoms with Gasteiger partial charge in [0.25, 0.3) is 6.43 Å². The van der Waals surface area contributed by atoms with Gasteiger partial charge in [-0.05, 0) is 38.5 Å². The maximum absolute atomic E-state index is 13.0. The zero-order valence-corrected chi connectivity index (χ0v) is 12.4. The highest BCUT2D eigenvalue weighted by atomic mass is 79.9. The van der Waals surface area contributed by atoms with Crippen LogP contribution in [0, 0.1) is 0 Å². The molecule has 0 bridgehead atoms. The van der Waals surface area contributed by atoms with Crippen LogP contribution < -0.4 is 4.72 Å². The van der Waals surface area contributed by atoms with Crippen LogP contribution in [0.15, 0.2) is 28.7 Å². The molecule has 0 saturated heterocycles. The predicted octanol–water partition coefficient (Wildman–Crippen LogP) is 4.79. The normalized spacial score (nSPS) is 14.1. The molecule has 96 valence electrons. The Bertz CT molecular complexity index is 349. The SMILES string of the molecule is CC(C)(C)SN[C@@H](c1ccc(Br)cc1)C(F)F. The van der Waals surface area contributed by atoms with Gasteiger partial charge in [-0.25, -0.2) is 8.78 Å². The van der Waals surface area contributed by atoms with E-state index in [2.05, 4.69) is 20.7 Å². The number of nitrogens with one attached hydrogen (secondary N) is 1. The Morgan fingerprint density at radius 1 is 1.18 bits per heavy atom. The van der Waals surface area contributed by atoms with Crippen molar-refractivity contribution in [1.82, 2.24) is 4.72 Å². The Morgan fingerprint density at radius 3 is 2.12 bits per heavy atom. The molecule has 1 aromatic carbocycles. The van der Waals surface area contributed by atoms with Gasteiger partial charge in [-0.1, -0.05) is 40.0 Å².